The molecule has 0 aliphatic rings. The van der Waals surface area contributed by atoms with Crippen LogP contribution in [0.5, 0.6) is 5.75 Å². The Balaban J connectivity index is 2.29. The Morgan fingerprint density at radius 1 is 1.35 bits per heavy atom. The lowest BCUT2D eigenvalue weighted by Gasteiger charge is -2.19. The van der Waals surface area contributed by atoms with Crippen LogP contribution in [-0.2, 0) is 0 Å². The molecule has 1 aromatic carbocycles. The molecule has 2 N–H and O–H groups in total. The van der Waals surface area contributed by atoms with Crippen molar-refractivity contribution in [2.24, 2.45) is 0 Å². The van der Waals surface area contributed by atoms with Gasteiger partial charge in [0.25, 0.3) is 0 Å². The summed E-state index contributed by atoms with van der Waals surface area (Å²) in [6.07, 6.45) is 2.61. The molecule has 0 aliphatic heterocycles. The second-order valence-electron chi connectivity index (χ2n) is 4.83. The van der Waals surface area contributed by atoms with Gasteiger partial charge in [0.15, 0.2) is 9.04 Å². The monoisotopic (exact) mass is 373 g/mol. The standard InChI is InChI=1S/C15H15Cl2FN3OP/c1-8(19)11-5-10(3-4-14(11)21-23-18)22-9(2)15-12(16)6-20-7-13(15)17/h3-7,9,19,21,23H,1-2H3/t9-/m1/s1. The average molecular weight is 374 g/mol. The zero-order valence-electron chi connectivity index (χ0n) is 12.5. The molecule has 2 rings (SSSR count). The Labute approximate surface area is 145 Å². The molecule has 0 aliphatic carbocycles. The fraction of sp³-hybridized carbons (Fsp3) is 0.200. The van der Waals surface area contributed by atoms with Gasteiger partial charge in [-0.2, -0.15) is 0 Å². The summed E-state index contributed by atoms with van der Waals surface area (Å²) in [5, 5.41) is 11.2. The van der Waals surface area contributed by atoms with Gasteiger partial charge in [0.1, 0.15) is 11.9 Å². The van der Waals surface area contributed by atoms with E-state index >= 15 is 0 Å². The van der Waals surface area contributed by atoms with E-state index in [1.807, 2.05) is 6.92 Å². The minimum absolute atomic E-state index is 0.309. The predicted octanol–water partition coefficient (Wildman–Crippen LogP) is 5.81. The molecule has 23 heavy (non-hydrogen) atoms. The molecule has 1 heterocycles. The number of hydrogen-bond donors (Lipinski definition) is 2. The van der Waals surface area contributed by atoms with Gasteiger partial charge in [0, 0.05) is 34.9 Å². The number of halogens is 3. The zero-order valence-corrected chi connectivity index (χ0v) is 15.0. The van der Waals surface area contributed by atoms with E-state index in [4.69, 9.17) is 33.3 Å². The number of anilines is 1. The van der Waals surface area contributed by atoms with Crippen LogP contribution in [0.15, 0.2) is 30.6 Å². The number of rotatable bonds is 6. The maximum Gasteiger partial charge on any atom is 0.166 e. The van der Waals surface area contributed by atoms with E-state index in [1.165, 1.54) is 12.4 Å². The molecule has 4 nitrogen and oxygen atoms in total. The van der Waals surface area contributed by atoms with Crippen LogP contribution >= 0.6 is 32.2 Å². The Bertz CT molecular complexity index is 710. The first-order chi connectivity index (χ1) is 10.9. The van der Waals surface area contributed by atoms with E-state index in [0.29, 0.717) is 38.3 Å². The van der Waals surface area contributed by atoms with Crippen molar-refractivity contribution in [1.29, 1.82) is 5.41 Å². The second-order valence-corrected chi connectivity index (χ2v) is 6.08. The number of hydrogen-bond acceptors (Lipinski definition) is 4. The van der Waals surface area contributed by atoms with E-state index in [2.05, 4.69) is 10.1 Å². The molecule has 0 fully saturated rings. The summed E-state index contributed by atoms with van der Waals surface area (Å²) in [5.74, 6) is 0.538. The third-order valence-corrected chi connectivity index (χ3v) is 4.15. The normalized spacial score (nSPS) is 12.4. The maximum atomic E-state index is 12.5. The molecule has 0 amide bonds. The first kappa shape index (κ1) is 17.9. The van der Waals surface area contributed by atoms with Crippen LogP contribution in [0.1, 0.15) is 31.1 Å². The highest BCUT2D eigenvalue weighted by Gasteiger charge is 2.17. The molecule has 1 aromatic heterocycles. The molecular weight excluding hydrogens is 359 g/mol. The van der Waals surface area contributed by atoms with E-state index in [-0.39, 0.29) is 0 Å². The van der Waals surface area contributed by atoms with Crippen LogP contribution in [0.4, 0.5) is 9.88 Å². The maximum absolute atomic E-state index is 12.5. The highest BCUT2D eigenvalue weighted by molar-refractivity contribution is 7.33. The van der Waals surface area contributed by atoms with Crippen molar-refractivity contribution in [3.05, 3.63) is 51.8 Å². The summed E-state index contributed by atoms with van der Waals surface area (Å²) >= 11 is 12.3. The number of aromatic nitrogens is 1. The Kier molecular flexibility index (Phi) is 6.17. The first-order valence-corrected chi connectivity index (χ1v) is 8.34. The number of benzene rings is 1. The lowest BCUT2D eigenvalue weighted by atomic mass is 10.1. The molecule has 8 heteroatoms. The van der Waals surface area contributed by atoms with E-state index in [1.54, 1.807) is 25.1 Å². The third-order valence-electron chi connectivity index (χ3n) is 3.19. The van der Waals surface area contributed by atoms with Gasteiger partial charge in [-0.1, -0.05) is 23.2 Å². The van der Waals surface area contributed by atoms with Crippen molar-refractivity contribution in [2.75, 3.05) is 5.09 Å². The summed E-state index contributed by atoms with van der Waals surface area (Å²) in [6.45, 7) is 3.45. The summed E-state index contributed by atoms with van der Waals surface area (Å²) in [7, 11) is -0.938. The lowest BCUT2D eigenvalue weighted by Crippen LogP contribution is -2.06. The highest BCUT2D eigenvalue weighted by atomic mass is 35.5. The highest BCUT2D eigenvalue weighted by Crippen LogP contribution is 2.34. The Morgan fingerprint density at radius 2 is 2.00 bits per heavy atom. The molecule has 0 radical (unpaired) electrons. The van der Waals surface area contributed by atoms with Crippen LogP contribution in [0.2, 0.25) is 10.0 Å². The molecule has 0 bridgehead atoms. The minimum atomic E-state index is -0.938. The van der Waals surface area contributed by atoms with E-state index in [0.717, 1.165) is 0 Å². The smallest absolute Gasteiger partial charge is 0.166 e. The van der Waals surface area contributed by atoms with Gasteiger partial charge < -0.3 is 15.2 Å². The van der Waals surface area contributed by atoms with Crippen LogP contribution in [0.3, 0.4) is 0 Å². The van der Waals surface area contributed by atoms with Gasteiger partial charge in [-0.05, 0) is 32.0 Å². The summed E-state index contributed by atoms with van der Waals surface area (Å²) in [5.41, 5.74) is 2.08. The lowest BCUT2D eigenvalue weighted by molar-refractivity contribution is 0.227. The molecule has 2 aromatic rings. The van der Waals surface area contributed by atoms with Crippen molar-refractivity contribution in [1.82, 2.24) is 4.98 Å². The number of nitrogens with one attached hydrogen (secondary N) is 2. The molecule has 122 valence electrons. The molecular formula is C15H15Cl2FN3OP. The zero-order chi connectivity index (χ0) is 17.0. The van der Waals surface area contributed by atoms with Crippen LogP contribution in [0.25, 0.3) is 0 Å². The number of ether oxygens (including phenoxy) is 1. The van der Waals surface area contributed by atoms with Gasteiger partial charge in [-0.3, -0.25) is 4.98 Å². The van der Waals surface area contributed by atoms with Gasteiger partial charge in [0.05, 0.1) is 10.0 Å². The van der Waals surface area contributed by atoms with Crippen molar-refractivity contribution in [2.45, 2.75) is 20.0 Å². The molecule has 0 saturated heterocycles. The van der Waals surface area contributed by atoms with Crippen molar-refractivity contribution < 1.29 is 8.93 Å². The van der Waals surface area contributed by atoms with Gasteiger partial charge in [0.2, 0.25) is 0 Å². The molecule has 0 saturated carbocycles. The van der Waals surface area contributed by atoms with Crippen LogP contribution < -0.4 is 9.82 Å². The first-order valence-electron chi connectivity index (χ1n) is 6.70. The summed E-state index contributed by atoms with van der Waals surface area (Å²) in [4.78, 5) is 3.91. The van der Waals surface area contributed by atoms with Crippen LogP contribution in [0, 0.1) is 5.41 Å². The van der Waals surface area contributed by atoms with Gasteiger partial charge in [-0.15, -0.1) is 0 Å². The number of pyridine rings is 1. The largest absolute Gasteiger partial charge is 0.486 e. The SMILES string of the molecule is CC(=N)c1cc(O[C@H](C)c2c(Cl)cncc2Cl)ccc1NPF. The molecule has 1 unspecified atom stereocenters. The topological polar surface area (TPSA) is 58.0 Å². The summed E-state index contributed by atoms with van der Waals surface area (Å²) < 4.78 is 18.4. The van der Waals surface area contributed by atoms with Crippen molar-refractivity contribution in [3.8, 4) is 5.75 Å². The van der Waals surface area contributed by atoms with Crippen LogP contribution in [-0.4, -0.2) is 10.7 Å². The fourth-order valence-electron chi connectivity index (χ4n) is 2.14. The van der Waals surface area contributed by atoms with Crippen molar-refractivity contribution in [3.63, 3.8) is 0 Å². The Hall–Kier alpha value is -1.42. The van der Waals surface area contributed by atoms with E-state index < -0.39 is 15.1 Å². The third kappa shape index (κ3) is 4.31. The molecule has 0 spiro atoms. The fourth-order valence-corrected chi connectivity index (χ4v) is 3.13. The quantitative estimate of drug-likeness (QED) is 0.496. The predicted molar refractivity (Wildman–Crippen MR) is 95.3 cm³/mol. The molecule has 2 atom stereocenters. The average Bonchev–Trinajstić information content (AvgIpc) is 2.48. The van der Waals surface area contributed by atoms with Gasteiger partial charge in [-0.25, -0.2) is 4.20 Å². The van der Waals surface area contributed by atoms with E-state index in [9.17, 15) is 4.20 Å². The Morgan fingerprint density at radius 3 is 2.57 bits per heavy atom. The summed E-state index contributed by atoms with van der Waals surface area (Å²) in [6, 6.07) is 5.07. The number of nitrogens with zero attached hydrogens (tertiary/aromatic N) is 1. The second kappa shape index (κ2) is 7.91. The van der Waals surface area contributed by atoms with Gasteiger partial charge >= 0.3 is 0 Å². The minimum Gasteiger partial charge on any atom is -0.486 e. The van der Waals surface area contributed by atoms with Crippen molar-refractivity contribution >= 4 is 43.6 Å².